The molecule has 2 aliphatic heterocycles. The predicted molar refractivity (Wildman–Crippen MR) is 127 cm³/mol. The van der Waals surface area contributed by atoms with Gasteiger partial charge in [0.05, 0.1) is 19.1 Å². The Kier molecular flexibility index (Phi) is 7.45. The van der Waals surface area contributed by atoms with Crippen LogP contribution in [0, 0.1) is 17.3 Å². The van der Waals surface area contributed by atoms with Crippen molar-refractivity contribution in [2.75, 3.05) is 13.2 Å². The van der Waals surface area contributed by atoms with Crippen molar-refractivity contribution in [2.24, 2.45) is 17.3 Å². The first-order valence-corrected chi connectivity index (χ1v) is 12.6. The maximum absolute atomic E-state index is 12.8. The number of carbonyl (C=O) groups excluding carboxylic acids is 4. The maximum atomic E-state index is 12.8. The summed E-state index contributed by atoms with van der Waals surface area (Å²) in [5.41, 5.74) is -5.61. The Morgan fingerprint density at radius 1 is 1.05 bits per heavy atom. The van der Waals surface area contributed by atoms with Crippen LogP contribution >= 0.6 is 0 Å². The lowest BCUT2D eigenvalue weighted by Gasteiger charge is -2.58. The van der Waals surface area contributed by atoms with Crippen molar-refractivity contribution in [3.8, 4) is 0 Å². The molecule has 3 fully saturated rings. The highest BCUT2D eigenvalue weighted by atomic mass is 16.6. The van der Waals surface area contributed by atoms with Crippen molar-refractivity contribution in [3.05, 3.63) is 23.8 Å². The van der Waals surface area contributed by atoms with Gasteiger partial charge >= 0.3 is 23.9 Å². The fraction of sp³-hybridized carbons (Fsp3) is 0.692. The number of aliphatic hydroxyl groups excluding tert-OH is 3. The summed E-state index contributed by atoms with van der Waals surface area (Å²) >= 11 is 0. The van der Waals surface area contributed by atoms with E-state index in [-0.39, 0.29) is 12.2 Å². The Morgan fingerprint density at radius 3 is 2.15 bits per heavy atom. The van der Waals surface area contributed by atoms with Gasteiger partial charge in [-0.15, -0.1) is 0 Å². The van der Waals surface area contributed by atoms with E-state index in [4.69, 9.17) is 23.7 Å². The van der Waals surface area contributed by atoms with Crippen LogP contribution in [0.3, 0.4) is 0 Å². The summed E-state index contributed by atoms with van der Waals surface area (Å²) in [5, 5.41) is 45.5. The first-order valence-electron chi connectivity index (χ1n) is 12.6. The quantitative estimate of drug-likeness (QED) is 0.182. The SMILES string of the molecule is CC(=O)OC1[C@H]2[C@@]3(CO3)[C@H](O)[C@H](OC(C)=O)[C@H](O)[C@]2(C)[C@@H](OC(C)=O)/C=C/C(CO)=C\[C@@H]2OC(=O)[C@H](C)[C@]12O. The van der Waals surface area contributed by atoms with Crippen molar-refractivity contribution in [3.63, 3.8) is 0 Å². The number of epoxide rings is 1. The van der Waals surface area contributed by atoms with Crippen LogP contribution in [0.25, 0.3) is 0 Å². The van der Waals surface area contributed by atoms with E-state index in [0.29, 0.717) is 0 Å². The lowest BCUT2D eigenvalue weighted by Crippen LogP contribution is -2.75. The average Bonchev–Trinajstić information content (AvgIpc) is 3.61. The van der Waals surface area contributed by atoms with Crippen LogP contribution < -0.4 is 0 Å². The van der Waals surface area contributed by atoms with E-state index in [2.05, 4.69) is 0 Å². The number of rotatable bonds is 4. The van der Waals surface area contributed by atoms with E-state index in [1.54, 1.807) is 0 Å². The molecule has 1 spiro atoms. The first kappa shape index (κ1) is 29.2. The topological polar surface area (TPSA) is 199 Å². The van der Waals surface area contributed by atoms with Gasteiger partial charge in [-0.2, -0.15) is 0 Å². The van der Waals surface area contributed by atoms with Gasteiger partial charge in [-0.05, 0) is 24.6 Å². The zero-order valence-electron chi connectivity index (χ0n) is 22.2. The molecule has 2 heterocycles. The molecule has 2 aliphatic carbocycles. The molecular weight excluding hydrogens is 520 g/mol. The average molecular weight is 555 g/mol. The normalized spacial score (nSPS) is 47.0. The minimum absolute atomic E-state index is 0.153. The van der Waals surface area contributed by atoms with Crippen LogP contribution in [0.2, 0.25) is 0 Å². The minimum atomic E-state index is -2.30. The van der Waals surface area contributed by atoms with Crippen molar-refractivity contribution in [1.82, 2.24) is 0 Å². The molecule has 4 N–H and O–H groups in total. The Bertz CT molecular complexity index is 1110. The lowest BCUT2D eigenvalue weighted by molar-refractivity contribution is -0.273. The molecule has 39 heavy (non-hydrogen) atoms. The van der Waals surface area contributed by atoms with Crippen LogP contribution in [-0.2, 0) is 42.9 Å². The first-order chi connectivity index (χ1) is 18.1. The Morgan fingerprint density at radius 2 is 1.64 bits per heavy atom. The largest absolute Gasteiger partial charge is 0.459 e. The third-order valence-electron chi connectivity index (χ3n) is 8.47. The van der Waals surface area contributed by atoms with E-state index in [0.717, 1.165) is 20.8 Å². The van der Waals surface area contributed by atoms with Gasteiger partial charge in [0.2, 0.25) is 0 Å². The summed E-state index contributed by atoms with van der Waals surface area (Å²) < 4.78 is 27.9. The molecule has 0 aromatic heterocycles. The van der Waals surface area contributed by atoms with Crippen LogP contribution in [0.4, 0.5) is 0 Å². The van der Waals surface area contributed by atoms with Crippen LogP contribution in [0.1, 0.15) is 34.6 Å². The Labute approximate surface area is 224 Å². The number of ether oxygens (including phenoxy) is 5. The summed E-state index contributed by atoms with van der Waals surface area (Å²) in [6.07, 6.45) is -5.47. The molecule has 0 aromatic rings. The van der Waals surface area contributed by atoms with E-state index in [1.807, 2.05) is 0 Å². The number of fused-ring (bicyclic) bond motifs is 3. The van der Waals surface area contributed by atoms with Gasteiger partial charge in [0.25, 0.3) is 0 Å². The Balaban J connectivity index is 2.06. The number of hydrogen-bond donors (Lipinski definition) is 4. The molecule has 2 saturated heterocycles. The molecule has 13 heteroatoms. The van der Waals surface area contributed by atoms with Gasteiger partial charge in [0.15, 0.2) is 17.8 Å². The minimum Gasteiger partial charge on any atom is -0.459 e. The van der Waals surface area contributed by atoms with E-state index in [9.17, 15) is 39.6 Å². The van der Waals surface area contributed by atoms with Gasteiger partial charge in [-0.3, -0.25) is 19.2 Å². The second kappa shape index (κ2) is 9.97. The van der Waals surface area contributed by atoms with Gasteiger partial charge in [-0.1, -0.05) is 13.0 Å². The van der Waals surface area contributed by atoms with Crippen molar-refractivity contribution < 1.29 is 63.3 Å². The smallest absolute Gasteiger partial charge is 0.312 e. The molecule has 0 bridgehead atoms. The zero-order chi connectivity index (χ0) is 29.1. The van der Waals surface area contributed by atoms with Crippen molar-refractivity contribution in [1.29, 1.82) is 0 Å². The number of aliphatic hydroxyl groups is 4. The summed E-state index contributed by atoms with van der Waals surface area (Å²) in [5.74, 6) is -5.93. The number of carbonyl (C=O) groups is 4. The fourth-order valence-corrected chi connectivity index (χ4v) is 6.44. The monoisotopic (exact) mass is 554 g/mol. The number of esters is 4. The van der Waals surface area contributed by atoms with Crippen molar-refractivity contribution in [2.45, 2.75) is 82.4 Å². The molecule has 1 unspecified atom stereocenters. The number of hydrogen-bond acceptors (Lipinski definition) is 13. The maximum Gasteiger partial charge on any atom is 0.312 e. The summed E-state index contributed by atoms with van der Waals surface area (Å²) in [7, 11) is 0. The lowest BCUT2D eigenvalue weighted by atomic mass is 9.51. The molecule has 1 saturated carbocycles. The molecule has 0 amide bonds. The molecule has 11 atom stereocenters. The van der Waals surface area contributed by atoms with Crippen molar-refractivity contribution >= 4 is 23.9 Å². The third-order valence-corrected chi connectivity index (χ3v) is 8.47. The zero-order valence-corrected chi connectivity index (χ0v) is 22.2. The summed E-state index contributed by atoms with van der Waals surface area (Å²) in [4.78, 5) is 49.5. The van der Waals surface area contributed by atoms with Crippen LogP contribution in [0.15, 0.2) is 23.8 Å². The molecule has 13 nitrogen and oxygen atoms in total. The molecule has 4 rings (SSSR count). The third kappa shape index (κ3) is 4.45. The van der Waals surface area contributed by atoms with Gasteiger partial charge in [0, 0.05) is 32.1 Å². The van der Waals surface area contributed by atoms with Gasteiger partial charge < -0.3 is 44.1 Å². The Hall–Kier alpha value is -2.84. The highest BCUT2D eigenvalue weighted by Gasteiger charge is 2.79. The second-order valence-corrected chi connectivity index (χ2v) is 10.8. The van der Waals surface area contributed by atoms with Gasteiger partial charge in [-0.25, -0.2) is 0 Å². The summed E-state index contributed by atoms with van der Waals surface area (Å²) in [6, 6.07) is 0. The fourth-order valence-electron chi connectivity index (χ4n) is 6.44. The molecule has 0 aromatic carbocycles. The standard InChI is InChI=1S/C26H34O13/c1-11-23(33)39-17-8-15(9-27)6-7-16(36-12(2)28)24(5)19(22(26(11,17)34)38-14(4)30)25(10-35-25)21(32)18(20(24)31)37-13(3)29/h6-8,11,16-22,27,31-32,34H,9-10H2,1-5H3/b7-6+,15-8+/t11-,16-,17-,18+,19+,20-,21+,22?,24+,25-,26+/m0/s1. The molecule has 4 aliphatic rings. The summed E-state index contributed by atoms with van der Waals surface area (Å²) in [6.45, 7) is 5.36. The highest BCUT2D eigenvalue weighted by Crippen LogP contribution is 2.61. The van der Waals surface area contributed by atoms with Crippen LogP contribution in [0.5, 0.6) is 0 Å². The highest BCUT2D eigenvalue weighted by molar-refractivity contribution is 5.78. The van der Waals surface area contributed by atoms with Gasteiger partial charge in [0.1, 0.15) is 30.0 Å². The molecule has 0 radical (unpaired) electrons. The predicted octanol–water partition coefficient (Wildman–Crippen LogP) is -1.31. The second-order valence-electron chi connectivity index (χ2n) is 10.8. The van der Waals surface area contributed by atoms with Crippen LogP contribution in [-0.4, -0.2) is 105 Å². The molecular formula is C26H34O13. The van der Waals surface area contributed by atoms with E-state index >= 15 is 0 Å². The van der Waals surface area contributed by atoms with E-state index < -0.39 is 95.6 Å². The van der Waals surface area contributed by atoms with E-state index in [1.165, 1.54) is 32.1 Å². The molecule has 216 valence electrons.